The number of esters is 2. The third-order valence-corrected chi connectivity index (χ3v) is 4.42. The Morgan fingerprint density at radius 2 is 1.88 bits per heavy atom. The van der Waals surface area contributed by atoms with Crippen LogP contribution in [0.25, 0.3) is 0 Å². The van der Waals surface area contributed by atoms with Gasteiger partial charge in [-0.1, -0.05) is 41.9 Å². The van der Waals surface area contributed by atoms with Gasteiger partial charge in [0.15, 0.2) is 6.61 Å². The minimum atomic E-state index is -0.866. The maximum Gasteiger partial charge on any atom is 0.348 e. The highest BCUT2D eigenvalue weighted by atomic mass is 35.5. The normalized spacial score (nSPS) is 11.4. The molecule has 0 aliphatic heterocycles. The van der Waals surface area contributed by atoms with E-state index in [9.17, 15) is 14.4 Å². The van der Waals surface area contributed by atoms with Crippen molar-refractivity contribution in [2.24, 2.45) is 0 Å². The highest BCUT2D eigenvalue weighted by Gasteiger charge is 2.22. The van der Waals surface area contributed by atoms with Crippen LogP contribution in [0.2, 0.25) is 4.34 Å². The third kappa shape index (κ3) is 5.88. The van der Waals surface area contributed by atoms with Gasteiger partial charge in [-0.3, -0.25) is 4.79 Å². The van der Waals surface area contributed by atoms with Gasteiger partial charge < -0.3 is 14.8 Å². The average molecular weight is 382 g/mol. The molecule has 2 rings (SSSR count). The summed E-state index contributed by atoms with van der Waals surface area (Å²) in [6, 6.07) is 11.4. The first kappa shape index (κ1) is 19.0. The van der Waals surface area contributed by atoms with E-state index in [1.54, 1.807) is 6.07 Å². The zero-order chi connectivity index (χ0) is 18.2. The standard InChI is InChI=1S/C17H16ClNO5S/c1-23-16(21)12(9-11-5-3-2-4-6-11)19-15(20)10-24-17(22)13-7-8-14(18)25-13/h2-8,12H,9-10H2,1H3,(H,19,20)/t12-/m1/s1. The molecule has 1 atom stereocenters. The van der Waals surface area contributed by atoms with Crippen molar-refractivity contribution < 1.29 is 23.9 Å². The van der Waals surface area contributed by atoms with Gasteiger partial charge in [-0.05, 0) is 17.7 Å². The summed E-state index contributed by atoms with van der Waals surface area (Å²) in [6.45, 7) is -0.503. The molecule has 0 radical (unpaired) electrons. The van der Waals surface area contributed by atoms with E-state index in [2.05, 4.69) is 5.32 Å². The predicted octanol–water partition coefficient (Wildman–Crippen LogP) is 2.46. The molecule has 0 aliphatic carbocycles. The molecule has 0 fully saturated rings. The second-order valence-corrected chi connectivity index (χ2v) is 6.73. The molecule has 0 bridgehead atoms. The van der Waals surface area contributed by atoms with Gasteiger partial charge in [0.25, 0.3) is 5.91 Å². The van der Waals surface area contributed by atoms with Gasteiger partial charge in [0, 0.05) is 6.42 Å². The van der Waals surface area contributed by atoms with Gasteiger partial charge in [0.1, 0.15) is 10.9 Å². The van der Waals surface area contributed by atoms with Gasteiger partial charge in [0.2, 0.25) is 0 Å². The number of benzene rings is 1. The van der Waals surface area contributed by atoms with Crippen LogP contribution < -0.4 is 5.32 Å². The smallest absolute Gasteiger partial charge is 0.348 e. The number of nitrogens with one attached hydrogen (secondary N) is 1. The largest absolute Gasteiger partial charge is 0.467 e. The minimum absolute atomic E-state index is 0.272. The Labute approximate surface area is 153 Å². The Kier molecular flexibility index (Phi) is 6.97. The van der Waals surface area contributed by atoms with Crippen molar-refractivity contribution in [3.63, 3.8) is 0 Å². The first-order valence-electron chi connectivity index (χ1n) is 7.33. The quantitative estimate of drug-likeness (QED) is 0.745. The van der Waals surface area contributed by atoms with Crippen molar-refractivity contribution in [3.8, 4) is 0 Å². The fourth-order valence-electron chi connectivity index (χ4n) is 2.05. The Morgan fingerprint density at radius 1 is 1.16 bits per heavy atom. The van der Waals surface area contributed by atoms with Gasteiger partial charge in [-0.2, -0.15) is 0 Å². The number of carbonyl (C=O) groups excluding carboxylic acids is 3. The van der Waals surface area contributed by atoms with Crippen molar-refractivity contribution in [1.29, 1.82) is 0 Å². The van der Waals surface area contributed by atoms with Crippen molar-refractivity contribution in [2.45, 2.75) is 12.5 Å². The molecular weight excluding hydrogens is 366 g/mol. The molecule has 25 heavy (non-hydrogen) atoms. The van der Waals surface area contributed by atoms with E-state index in [4.69, 9.17) is 21.1 Å². The van der Waals surface area contributed by atoms with Crippen molar-refractivity contribution in [2.75, 3.05) is 13.7 Å². The fourth-order valence-corrected chi connectivity index (χ4v) is 2.98. The molecule has 0 aliphatic rings. The van der Waals surface area contributed by atoms with Crippen LogP contribution in [-0.4, -0.2) is 37.6 Å². The number of thiophene rings is 1. The van der Waals surface area contributed by atoms with E-state index in [0.29, 0.717) is 9.21 Å². The van der Waals surface area contributed by atoms with E-state index in [0.717, 1.165) is 16.9 Å². The zero-order valence-electron chi connectivity index (χ0n) is 13.4. The number of halogens is 1. The summed E-state index contributed by atoms with van der Waals surface area (Å²) in [5.41, 5.74) is 0.864. The van der Waals surface area contributed by atoms with Crippen LogP contribution in [0, 0.1) is 0 Å². The Morgan fingerprint density at radius 3 is 2.48 bits per heavy atom. The molecule has 132 valence electrons. The molecule has 1 aromatic heterocycles. The average Bonchev–Trinajstić information content (AvgIpc) is 3.06. The summed E-state index contributed by atoms with van der Waals surface area (Å²) in [6.07, 6.45) is 0.272. The summed E-state index contributed by atoms with van der Waals surface area (Å²) >= 11 is 6.80. The monoisotopic (exact) mass is 381 g/mol. The molecule has 0 saturated carbocycles. The van der Waals surface area contributed by atoms with Gasteiger partial charge >= 0.3 is 11.9 Å². The van der Waals surface area contributed by atoms with E-state index < -0.39 is 30.5 Å². The van der Waals surface area contributed by atoms with E-state index >= 15 is 0 Å². The lowest BCUT2D eigenvalue weighted by atomic mass is 10.1. The molecule has 8 heteroatoms. The number of hydrogen-bond acceptors (Lipinski definition) is 6. The van der Waals surface area contributed by atoms with Crippen molar-refractivity contribution in [3.05, 3.63) is 57.2 Å². The molecule has 6 nitrogen and oxygen atoms in total. The van der Waals surface area contributed by atoms with E-state index in [-0.39, 0.29) is 6.42 Å². The topological polar surface area (TPSA) is 81.7 Å². The van der Waals surface area contributed by atoms with Crippen LogP contribution in [0.4, 0.5) is 0 Å². The zero-order valence-corrected chi connectivity index (χ0v) is 14.9. The second kappa shape index (κ2) is 9.19. The Balaban J connectivity index is 1.90. The van der Waals surface area contributed by atoms with Crippen LogP contribution in [0.15, 0.2) is 42.5 Å². The first-order valence-corrected chi connectivity index (χ1v) is 8.52. The molecule has 0 spiro atoms. The summed E-state index contributed by atoms with van der Waals surface area (Å²) in [7, 11) is 1.24. The highest BCUT2D eigenvalue weighted by Crippen LogP contribution is 2.21. The number of hydrogen-bond donors (Lipinski definition) is 1. The van der Waals surface area contributed by atoms with Gasteiger partial charge in [-0.25, -0.2) is 9.59 Å². The molecule has 1 aromatic carbocycles. The van der Waals surface area contributed by atoms with Crippen molar-refractivity contribution >= 4 is 40.8 Å². The molecular formula is C17H16ClNO5S. The lowest BCUT2D eigenvalue weighted by molar-refractivity contribution is -0.145. The Bertz CT molecular complexity index is 747. The van der Waals surface area contributed by atoms with Crippen LogP contribution in [0.1, 0.15) is 15.2 Å². The van der Waals surface area contributed by atoms with E-state index in [1.807, 2.05) is 30.3 Å². The van der Waals surface area contributed by atoms with Gasteiger partial charge in [0.05, 0.1) is 11.4 Å². The first-order chi connectivity index (χ1) is 12.0. The second-order valence-electron chi connectivity index (χ2n) is 5.01. The SMILES string of the molecule is COC(=O)[C@@H](Cc1ccccc1)NC(=O)COC(=O)c1ccc(Cl)s1. The number of amides is 1. The summed E-state index contributed by atoms with van der Waals surface area (Å²) in [4.78, 5) is 35.9. The highest BCUT2D eigenvalue weighted by molar-refractivity contribution is 7.17. The number of carbonyl (C=O) groups is 3. The lowest BCUT2D eigenvalue weighted by Gasteiger charge is -2.16. The van der Waals surface area contributed by atoms with Crippen LogP contribution in [0.5, 0.6) is 0 Å². The maximum atomic E-state index is 12.0. The molecule has 1 heterocycles. The predicted molar refractivity (Wildman–Crippen MR) is 93.7 cm³/mol. The third-order valence-electron chi connectivity index (χ3n) is 3.21. The van der Waals surface area contributed by atoms with Gasteiger partial charge in [-0.15, -0.1) is 11.3 Å². The lowest BCUT2D eigenvalue weighted by Crippen LogP contribution is -2.44. The minimum Gasteiger partial charge on any atom is -0.467 e. The van der Waals surface area contributed by atoms with Crippen LogP contribution in [0.3, 0.4) is 0 Å². The molecule has 1 N–H and O–H groups in total. The molecule has 0 saturated heterocycles. The van der Waals surface area contributed by atoms with Crippen LogP contribution in [-0.2, 0) is 25.5 Å². The fraction of sp³-hybridized carbons (Fsp3) is 0.235. The van der Waals surface area contributed by atoms with E-state index in [1.165, 1.54) is 13.2 Å². The molecule has 0 unspecified atom stereocenters. The number of rotatable bonds is 7. The molecule has 1 amide bonds. The van der Waals surface area contributed by atoms with Crippen LogP contribution >= 0.6 is 22.9 Å². The summed E-state index contributed by atoms with van der Waals surface area (Å²) in [5.74, 6) is -1.82. The number of ether oxygens (including phenoxy) is 2. The Hall–Kier alpha value is -2.38. The number of methoxy groups -OCH3 is 1. The van der Waals surface area contributed by atoms with Crippen molar-refractivity contribution in [1.82, 2.24) is 5.32 Å². The summed E-state index contributed by atoms with van der Waals surface area (Å²) in [5, 5.41) is 2.51. The maximum absolute atomic E-state index is 12.0. The molecule has 2 aromatic rings. The summed E-state index contributed by atoms with van der Waals surface area (Å²) < 4.78 is 10.1.